The van der Waals surface area contributed by atoms with E-state index < -0.39 is 36.4 Å². The lowest BCUT2D eigenvalue weighted by molar-refractivity contribution is -0.148. The molecule has 7 heteroatoms. The number of nitrogens with zero attached hydrogens (tertiary/aromatic N) is 1. The van der Waals surface area contributed by atoms with Gasteiger partial charge in [0.05, 0.1) is 12.5 Å². The number of aryl methyl sites for hydroxylation is 1. The van der Waals surface area contributed by atoms with Crippen LogP contribution in [0.1, 0.15) is 63.9 Å². The Morgan fingerprint density at radius 1 is 1.19 bits per heavy atom. The molecular formula is C25H33F2NO4. The van der Waals surface area contributed by atoms with Gasteiger partial charge in [-0.3, -0.25) is 9.59 Å². The maximum Gasteiger partial charge on any atom is 0.327 e. The third-order valence-corrected chi connectivity index (χ3v) is 5.84. The van der Waals surface area contributed by atoms with Gasteiger partial charge in [0.1, 0.15) is 6.10 Å². The molecule has 0 aliphatic carbocycles. The molecule has 1 aliphatic rings. The molecule has 0 radical (unpaired) electrons. The highest BCUT2D eigenvalue weighted by Gasteiger charge is 2.52. The second-order valence-electron chi connectivity index (χ2n) is 8.57. The van der Waals surface area contributed by atoms with Crippen molar-refractivity contribution >= 4 is 11.9 Å². The van der Waals surface area contributed by atoms with Crippen molar-refractivity contribution in [2.75, 3.05) is 6.54 Å². The Morgan fingerprint density at radius 3 is 2.56 bits per heavy atom. The van der Waals surface area contributed by atoms with E-state index in [-0.39, 0.29) is 18.9 Å². The third-order valence-electron chi connectivity index (χ3n) is 5.84. The number of likely N-dealkylation sites (tertiary alicyclic amines) is 1. The SMILES string of the molecule is CC(CCCc1ccccc1)C(O)C#C[C@H]1CC(F)(F)C(=O)N1CCCCCCC(=O)O. The average molecular weight is 450 g/mol. The first kappa shape index (κ1) is 25.8. The van der Waals surface area contributed by atoms with E-state index >= 15 is 0 Å². The highest BCUT2D eigenvalue weighted by Crippen LogP contribution is 2.33. The van der Waals surface area contributed by atoms with Gasteiger partial charge in [0.25, 0.3) is 5.91 Å². The molecule has 3 atom stereocenters. The lowest BCUT2D eigenvalue weighted by atomic mass is 9.96. The molecule has 176 valence electrons. The molecule has 1 aromatic carbocycles. The molecule has 1 aromatic rings. The molecule has 0 bridgehead atoms. The molecule has 2 rings (SSSR count). The van der Waals surface area contributed by atoms with E-state index in [4.69, 9.17) is 5.11 Å². The van der Waals surface area contributed by atoms with E-state index in [0.29, 0.717) is 25.7 Å². The molecule has 0 saturated carbocycles. The smallest absolute Gasteiger partial charge is 0.327 e. The summed E-state index contributed by atoms with van der Waals surface area (Å²) in [6.07, 6.45) is 3.38. The van der Waals surface area contributed by atoms with Crippen molar-refractivity contribution in [3.05, 3.63) is 35.9 Å². The van der Waals surface area contributed by atoms with Gasteiger partial charge in [-0.1, -0.05) is 61.9 Å². The van der Waals surface area contributed by atoms with Crippen LogP contribution in [0.15, 0.2) is 30.3 Å². The van der Waals surface area contributed by atoms with E-state index in [1.165, 1.54) is 5.56 Å². The van der Waals surface area contributed by atoms with Gasteiger partial charge < -0.3 is 15.1 Å². The van der Waals surface area contributed by atoms with Crippen molar-refractivity contribution in [3.63, 3.8) is 0 Å². The Kier molecular flexibility index (Phi) is 10.1. The van der Waals surface area contributed by atoms with Crippen molar-refractivity contribution in [3.8, 4) is 11.8 Å². The van der Waals surface area contributed by atoms with Crippen LogP contribution < -0.4 is 0 Å². The number of carbonyl (C=O) groups is 2. The summed E-state index contributed by atoms with van der Waals surface area (Å²) in [7, 11) is 0. The predicted octanol–water partition coefficient (Wildman–Crippen LogP) is 4.28. The maximum atomic E-state index is 14.0. The number of halogens is 2. The monoisotopic (exact) mass is 449 g/mol. The Bertz CT molecular complexity index is 803. The van der Waals surface area contributed by atoms with E-state index in [2.05, 4.69) is 24.0 Å². The number of carboxylic acids is 1. The second-order valence-corrected chi connectivity index (χ2v) is 8.57. The fourth-order valence-corrected chi connectivity index (χ4v) is 3.84. The molecular weight excluding hydrogens is 416 g/mol. The van der Waals surface area contributed by atoms with Crippen LogP contribution in [0.2, 0.25) is 0 Å². The first-order valence-corrected chi connectivity index (χ1v) is 11.3. The molecule has 1 saturated heterocycles. The lowest BCUT2D eigenvalue weighted by Crippen LogP contribution is -2.36. The minimum absolute atomic E-state index is 0.0796. The Morgan fingerprint density at radius 2 is 1.88 bits per heavy atom. The van der Waals surface area contributed by atoms with E-state index in [1.54, 1.807) is 0 Å². The highest BCUT2D eigenvalue weighted by atomic mass is 19.3. The van der Waals surface area contributed by atoms with Crippen LogP contribution in [0.4, 0.5) is 8.78 Å². The number of aliphatic hydroxyl groups excluding tert-OH is 1. The summed E-state index contributed by atoms with van der Waals surface area (Å²) in [4.78, 5) is 23.7. The summed E-state index contributed by atoms with van der Waals surface area (Å²) >= 11 is 0. The average Bonchev–Trinajstić information content (AvgIpc) is 2.97. The Balaban J connectivity index is 1.83. The fraction of sp³-hybridized carbons (Fsp3) is 0.600. The number of benzene rings is 1. The molecule has 2 unspecified atom stereocenters. The quantitative estimate of drug-likeness (QED) is 0.369. The number of aliphatic carboxylic acids is 1. The second kappa shape index (κ2) is 12.5. The molecule has 1 amide bonds. The summed E-state index contributed by atoms with van der Waals surface area (Å²) in [6.45, 7) is 2.04. The van der Waals surface area contributed by atoms with Crippen LogP contribution in [0.3, 0.4) is 0 Å². The number of alkyl halides is 2. The number of amides is 1. The van der Waals surface area contributed by atoms with Crippen LogP contribution in [0.5, 0.6) is 0 Å². The van der Waals surface area contributed by atoms with Crippen molar-refractivity contribution in [2.45, 2.75) is 82.8 Å². The molecule has 1 heterocycles. The van der Waals surface area contributed by atoms with Crippen molar-refractivity contribution < 1.29 is 28.6 Å². The van der Waals surface area contributed by atoms with Gasteiger partial charge in [-0.15, -0.1) is 0 Å². The minimum atomic E-state index is -3.44. The highest BCUT2D eigenvalue weighted by molar-refractivity contribution is 5.86. The van der Waals surface area contributed by atoms with Crippen LogP contribution in [0, 0.1) is 17.8 Å². The number of rotatable bonds is 12. The summed E-state index contributed by atoms with van der Waals surface area (Å²) in [5, 5.41) is 19.0. The van der Waals surface area contributed by atoms with E-state index in [0.717, 1.165) is 24.2 Å². The van der Waals surface area contributed by atoms with E-state index in [9.17, 15) is 23.5 Å². The molecule has 1 fully saturated rings. The largest absolute Gasteiger partial charge is 0.481 e. The summed E-state index contributed by atoms with van der Waals surface area (Å²) in [6, 6.07) is 9.13. The third kappa shape index (κ3) is 8.23. The first-order valence-electron chi connectivity index (χ1n) is 11.3. The number of carbonyl (C=O) groups excluding carboxylic acids is 1. The number of unbranched alkanes of at least 4 members (excludes halogenated alkanes) is 3. The van der Waals surface area contributed by atoms with E-state index in [1.807, 2.05) is 25.1 Å². The zero-order chi connectivity index (χ0) is 23.6. The lowest BCUT2D eigenvalue weighted by Gasteiger charge is -2.20. The zero-order valence-electron chi connectivity index (χ0n) is 18.6. The molecule has 0 spiro atoms. The van der Waals surface area contributed by atoms with Crippen molar-refractivity contribution in [1.82, 2.24) is 4.90 Å². The molecule has 5 nitrogen and oxygen atoms in total. The number of aliphatic hydroxyl groups is 1. The summed E-state index contributed by atoms with van der Waals surface area (Å²) < 4.78 is 28.0. The first-order chi connectivity index (χ1) is 15.2. The van der Waals surface area contributed by atoms with Crippen molar-refractivity contribution in [1.29, 1.82) is 0 Å². The minimum Gasteiger partial charge on any atom is -0.481 e. The predicted molar refractivity (Wildman–Crippen MR) is 118 cm³/mol. The number of carboxylic acid groups (broad SMARTS) is 1. The number of hydrogen-bond donors (Lipinski definition) is 2. The molecule has 2 N–H and O–H groups in total. The van der Waals surface area contributed by atoms with Crippen LogP contribution in [-0.4, -0.2) is 51.6 Å². The standard InChI is InChI=1S/C25H33F2NO4/c1-19(10-9-13-20-11-5-4-6-12-20)22(29)16-15-21-18-25(26,27)24(32)28(21)17-8-3-2-7-14-23(30)31/h4-6,11-12,19,21-22,29H,2-3,7-10,13-14,17-18H2,1H3,(H,30,31)/t19?,21-,22?/m0/s1. The van der Waals surface area contributed by atoms with Crippen LogP contribution in [0.25, 0.3) is 0 Å². The van der Waals surface area contributed by atoms with Gasteiger partial charge in [-0.25, -0.2) is 0 Å². The maximum absolute atomic E-state index is 14.0. The van der Waals surface area contributed by atoms with Gasteiger partial charge in [0.2, 0.25) is 0 Å². The Hall–Kier alpha value is -2.46. The Labute approximate surface area is 188 Å². The van der Waals surface area contributed by atoms with Gasteiger partial charge >= 0.3 is 11.9 Å². The normalized spacial score (nSPS) is 19.3. The fourth-order valence-electron chi connectivity index (χ4n) is 3.84. The molecule has 0 aromatic heterocycles. The van der Waals surface area contributed by atoms with Crippen LogP contribution in [-0.2, 0) is 16.0 Å². The number of hydrogen-bond acceptors (Lipinski definition) is 3. The van der Waals surface area contributed by atoms with Crippen LogP contribution >= 0.6 is 0 Å². The van der Waals surface area contributed by atoms with Gasteiger partial charge in [0.15, 0.2) is 0 Å². The van der Waals surface area contributed by atoms with Crippen molar-refractivity contribution in [2.24, 2.45) is 5.92 Å². The zero-order valence-corrected chi connectivity index (χ0v) is 18.6. The topological polar surface area (TPSA) is 77.8 Å². The van der Waals surface area contributed by atoms with Gasteiger partial charge in [-0.2, -0.15) is 8.78 Å². The molecule has 1 aliphatic heterocycles. The van der Waals surface area contributed by atoms with Gasteiger partial charge in [0, 0.05) is 13.0 Å². The molecule has 32 heavy (non-hydrogen) atoms. The van der Waals surface area contributed by atoms with Gasteiger partial charge in [-0.05, 0) is 43.6 Å². The summed E-state index contributed by atoms with van der Waals surface area (Å²) in [5.74, 6) is -0.196. The summed E-state index contributed by atoms with van der Waals surface area (Å²) in [5.41, 5.74) is 1.23.